The predicted molar refractivity (Wildman–Crippen MR) is 154 cm³/mol. The molecule has 38 heavy (non-hydrogen) atoms. The number of pyridine rings is 1. The largest absolute Gasteiger partial charge is 0.493 e. The first kappa shape index (κ1) is 24.5. The molecule has 0 saturated heterocycles. The van der Waals surface area contributed by atoms with Crippen LogP contribution >= 0.6 is 15.9 Å². The molecule has 0 unspecified atom stereocenters. The number of carbonyl (C=O) groups is 1. The normalized spacial score (nSPS) is 14.1. The second-order valence-electron chi connectivity index (χ2n) is 9.65. The van der Waals surface area contributed by atoms with Gasteiger partial charge in [-0.3, -0.25) is 4.40 Å². The van der Waals surface area contributed by atoms with Crippen molar-refractivity contribution in [3.05, 3.63) is 89.0 Å². The van der Waals surface area contributed by atoms with Gasteiger partial charge in [-0.1, -0.05) is 55.7 Å². The summed E-state index contributed by atoms with van der Waals surface area (Å²) in [6, 6.07) is 23.4. The average molecular weight is 570 g/mol. The number of hydrogen-bond acceptors (Lipinski definition) is 5. The molecular formula is C31H28BrN3O3. The van der Waals surface area contributed by atoms with E-state index in [1.807, 2.05) is 66.9 Å². The Morgan fingerprint density at radius 1 is 0.974 bits per heavy atom. The fourth-order valence-electron chi connectivity index (χ4n) is 5.26. The SMILES string of the molecule is COc1cc(-c2nc3ccc(Br)cn3c2NC2CCCCC2)ccc1OC(=O)c1cccc2ccccc12. The lowest BCUT2D eigenvalue weighted by molar-refractivity contribution is 0.0732. The van der Waals surface area contributed by atoms with Gasteiger partial charge in [0, 0.05) is 22.3 Å². The summed E-state index contributed by atoms with van der Waals surface area (Å²) < 4.78 is 14.6. The van der Waals surface area contributed by atoms with Crippen molar-refractivity contribution in [2.24, 2.45) is 0 Å². The highest BCUT2D eigenvalue weighted by Gasteiger charge is 2.22. The van der Waals surface area contributed by atoms with Gasteiger partial charge in [-0.05, 0) is 75.9 Å². The molecule has 0 aliphatic heterocycles. The minimum absolute atomic E-state index is 0.363. The van der Waals surface area contributed by atoms with E-state index >= 15 is 0 Å². The summed E-state index contributed by atoms with van der Waals surface area (Å²) >= 11 is 3.60. The zero-order valence-electron chi connectivity index (χ0n) is 21.1. The molecule has 6 rings (SSSR count). The van der Waals surface area contributed by atoms with Crippen LogP contribution in [0.25, 0.3) is 27.7 Å². The average Bonchev–Trinajstić information content (AvgIpc) is 3.30. The fourth-order valence-corrected chi connectivity index (χ4v) is 5.59. The number of esters is 1. The number of fused-ring (bicyclic) bond motifs is 2. The van der Waals surface area contributed by atoms with Gasteiger partial charge < -0.3 is 14.8 Å². The van der Waals surface area contributed by atoms with Crippen LogP contribution in [0.4, 0.5) is 5.82 Å². The van der Waals surface area contributed by atoms with Crippen LogP contribution in [-0.4, -0.2) is 28.5 Å². The molecule has 1 aliphatic rings. The number of anilines is 1. The van der Waals surface area contributed by atoms with Crippen molar-refractivity contribution in [2.75, 3.05) is 12.4 Å². The molecule has 2 heterocycles. The van der Waals surface area contributed by atoms with Gasteiger partial charge in [-0.2, -0.15) is 0 Å². The molecule has 0 atom stereocenters. The molecule has 1 fully saturated rings. The first-order valence-corrected chi connectivity index (χ1v) is 13.7. The van der Waals surface area contributed by atoms with Crippen LogP contribution in [0.5, 0.6) is 11.5 Å². The second-order valence-corrected chi connectivity index (χ2v) is 10.6. The van der Waals surface area contributed by atoms with Crippen LogP contribution in [0, 0.1) is 0 Å². The third kappa shape index (κ3) is 4.74. The number of carbonyl (C=O) groups excluding carboxylic acids is 1. The highest BCUT2D eigenvalue weighted by atomic mass is 79.9. The first-order valence-electron chi connectivity index (χ1n) is 12.9. The van der Waals surface area contributed by atoms with Gasteiger partial charge in [-0.25, -0.2) is 9.78 Å². The van der Waals surface area contributed by atoms with Gasteiger partial charge in [0.2, 0.25) is 0 Å². The van der Waals surface area contributed by atoms with Crippen LogP contribution in [0.1, 0.15) is 42.5 Å². The van der Waals surface area contributed by atoms with Gasteiger partial charge in [0.15, 0.2) is 11.5 Å². The minimum atomic E-state index is -0.426. The lowest BCUT2D eigenvalue weighted by Gasteiger charge is -2.24. The number of aromatic nitrogens is 2. The molecule has 6 nitrogen and oxygen atoms in total. The lowest BCUT2D eigenvalue weighted by atomic mass is 9.95. The smallest absolute Gasteiger partial charge is 0.344 e. The molecule has 192 valence electrons. The summed E-state index contributed by atoms with van der Waals surface area (Å²) in [4.78, 5) is 18.1. The van der Waals surface area contributed by atoms with E-state index in [1.54, 1.807) is 19.2 Å². The fraction of sp³-hybridized carbons (Fsp3) is 0.226. The number of nitrogens with zero attached hydrogens (tertiary/aromatic N) is 2. The Balaban J connectivity index is 1.36. The number of imidazole rings is 1. The Bertz CT molecular complexity index is 1630. The molecule has 1 N–H and O–H groups in total. The molecule has 5 aromatic rings. The number of benzene rings is 3. The van der Waals surface area contributed by atoms with Crippen molar-refractivity contribution < 1.29 is 14.3 Å². The van der Waals surface area contributed by atoms with Gasteiger partial charge in [-0.15, -0.1) is 0 Å². The van der Waals surface area contributed by atoms with E-state index in [0.717, 1.165) is 50.8 Å². The summed E-state index contributed by atoms with van der Waals surface area (Å²) in [6.45, 7) is 0. The molecule has 0 amide bonds. The van der Waals surface area contributed by atoms with Crippen LogP contribution in [-0.2, 0) is 0 Å². The Morgan fingerprint density at radius 3 is 2.63 bits per heavy atom. The summed E-state index contributed by atoms with van der Waals surface area (Å²) in [7, 11) is 1.58. The predicted octanol–water partition coefficient (Wildman–Crippen LogP) is 7.89. The van der Waals surface area contributed by atoms with Gasteiger partial charge in [0.1, 0.15) is 17.2 Å². The zero-order valence-corrected chi connectivity index (χ0v) is 22.7. The number of halogens is 1. The van der Waals surface area contributed by atoms with Crippen molar-refractivity contribution in [1.29, 1.82) is 0 Å². The third-order valence-corrected chi connectivity index (χ3v) is 7.65. The molecule has 2 aromatic heterocycles. The number of hydrogen-bond donors (Lipinski definition) is 1. The Kier molecular flexibility index (Phi) is 6.77. The van der Waals surface area contributed by atoms with Crippen molar-refractivity contribution >= 4 is 44.1 Å². The third-order valence-electron chi connectivity index (χ3n) is 7.18. The summed E-state index contributed by atoms with van der Waals surface area (Å²) in [6.07, 6.45) is 8.09. The highest BCUT2D eigenvalue weighted by Crippen LogP contribution is 2.37. The Morgan fingerprint density at radius 2 is 1.79 bits per heavy atom. The molecule has 3 aromatic carbocycles. The number of rotatable bonds is 6. The van der Waals surface area contributed by atoms with Crippen LogP contribution in [0.2, 0.25) is 0 Å². The zero-order chi connectivity index (χ0) is 26.1. The van der Waals surface area contributed by atoms with Crippen LogP contribution in [0.3, 0.4) is 0 Å². The molecule has 7 heteroatoms. The molecule has 0 spiro atoms. The summed E-state index contributed by atoms with van der Waals surface area (Å²) in [5, 5.41) is 5.61. The van der Waals surface area contributed by atoms with Gasteiger partial charge >= 0.3 is 5.97 Å². The monoisotopic (exact) mass is 569 g/mol. The Labute approximate surface area is 229 Å². The second kappa shape index (κ2) is 10.5. The van der Waals surface area contributed by atoms with Crippen molar-refractivity contribution in [1.82, 2.24) is 9.38 Å². The number of ether oxygens (including phenoxy) is 2. The summed E-state index contributed by atoms with van der Waals surface area (Å²) in [5.41, 5.74) is 3.08. The molecular weight excluding hydrogens is 542 g/mol. The maximum atomic E-state index is 13.2. The van der Waals surface area contributed by atoms with Crippen molar-refractivity contribution in [3.8, 4) is 22.8 Å². The number of methoxy groups -OCH3 is 1. The van der Waals surface area contributed by atoms with Crippen LogP contribution < -0.4 is 14.8 Å². The van der Waals surface area contributed by atoms with E-state index in [9.17, 15) is 4.79 Å². The van der Waals surface area contributed by atoms with E-state index in [1.165, 1.54) is 19.3 Å². The Hall–Kier alpha value is -3.84. The molecule has 1 aliphatic carbocycles. The van der Waals surface area contributed by atoms with Crippen molar-refractivity contribution in [2.45, 2.75) is 38.1 Å². The van der Waals surface area contributed by atoms with E-state index in [0.29, 0.717) is 23.1 Å². The van der Waals surface area contributed by atoms with E-state index < -0.39 is 5.97 Å². The van der Waals surface area contributed by atoms with E-state index in [2.05, 4.69) is 25.6 Å². The molecule has 0 radical (unpaired) electrons. The van der Waals surface area contributed by atoms with E-state index in [-0.39, 0.29) is 0 Å². The molecule has 0 bridgehead atoms. The maximum Gasteiger partial charge on any atom is 0.344 e. The van der Waals surface area contributed by atoms with Gasteiger partial charge in [0.05, 0.1) is 12.7 Å². The topological polar surface area (TPSA) is 64.9 Å². The first-order chi connectivity index (χ1) is 18.6. The summed E-state index contributed by atoms with van der Waals surface area (Å²) in [5.74, 6) is 1.36. The maximum absolute atomic E-state index is 13.2. The standard InChI is InChI=1S/C31H28BrN3O3/c1-37-27-18-21(14-16-26(27)38-31(36)25-13-7-9-20-8-5-6-12-24(20)25)29-30(33-23-10-3-2-4-11-23)35-19-22(32)15-17-28(35)34-29/h5-9,12-19,23,33H,2-4,10-11H2,1H3. The minimum Gasteiger partial charge on any atom is -0.493 e. The van der Waals surface area contributed by atoms with Crippen molar-refractivity contribution in [3.63, 3.8) is 0 Å². The molecule has 1 saturated carbocycles. The van der Waals surface area contributed by atoms with Crippen LogP contribution in [0.15, 0.2) is 83.5 Å². The van der Waals surface area contributed by atoms with E-state index in [4.69, 9.17) is 14.5 Å². The number of nitrogens with one attached hydrogen (secondary N) is 1. The highest BCUT2D eigenvalue weighted by molar-refractivity contribution is 9.10. The lowest BCUT2D eigenvalue weighted by Crippen LogP contribution is -2.23. The van der Waals surface area contributed by atoms with Gasteiger partial charge in [0.25, 0.3) is 0 Å². The quantitative estimate of drug-likeness (QED) is 0.166.